The van der Waals surface area contributed by atoms with Crippen molar-refractivity contribution in [3.8, 4) is 0 Å². The van der Waals surface area contributed by atoms with Crippen molar-refractivity contribution in [2.45, 2.75) is 4.90 Å². The molecule has 0 radical (unpaired) electrons. The fourth-order valence-corrected chi connectivity index (χ4v) is 2.22. The Hall–Kier alpha value is -2.21. The molecule has 2 aromatic rings. The summed E-state index contributed by atoms with van der Waals surface area (Å²) in [7, 11) is 0. The summed E-state index contributed by atoms with van der Waals surface area (Å²) >= 11 is 1.62. The Morgan fingerprint density at radius 2 is 1.95 bits per heavy atom. The van der Waals surface area contributed by atoms with Gasteiger partial charge in [0.25, 0.3) is 5.69 Å². The number of para-hydroxylation sites is 1. The maximum atomic E-state index is 10.6. The number of nitro benzene ring substituents is 1. The predicted octanol–water partition coefficient (Wildman–Crippen LogP) is 3.64. The number of nitrogens with one attached hydrogen (secondary N) is 1. The summed E-state index contributed by atoms with van der Waals surface area (Å²) < 4.78 is 0. The standard InChI is InChI=1S/C13H13N3O2S/c1-19-13-5-3-2-4-12(13)15-11-7-6-9(16(17)18)8-10(11)14/h2-8,15H,14H2,1H3. The Morgan fingerprint density at radius 1 is 1.21 bits per heavy atom. The highest BCUT2D eigenvalue weighted by atomic mass is 32.2. The molecule has 0 saturated heterocycles. The monoisotopic (exact) mass is 275 g/mol. The quantitative estimate of drug-likeness (QED) is 0.385. The van der Waals surface area contributed by atoms with E-state index in [-0.39, 0.29) is 5.69 Å². The van der Waals surface area contributed by atoms with Crippen LogP contribution in [0, 0.1) is 10.1 Å². The molecule has 0 aliphatic rings. The van der Waals surface area contributed by atoms with Crippen LogP contribution in [0.4, 0.5) is 22.7 Å². The molecule has 0 aromatic heterocycles. The molecule has 0 aliphatic carbocycles. The number of nitrogen functional groups attached to an aromatic ring is 1. The summed E-state index contributed by atoms with van der Waals surface area (Å²) in [4.78, 5) is 11.3. The molecule has 0 amide bonds. The van der Waals surface area contributed by atoms with Gasteiger partial charge in [0.05, 0.1) is 22.0 Å². The molecule has 2 rings (SSSR count). The minimum Gasteiger partial charge on any atom is -0.397 e. The molecular formula is C13H13N3O2S. The van der Waals surface area contributed by atoms with Crippen LogP contribution in [0.5, 0.6) is 0 Å². The lowest BCUT2D eigenvalue weighted by Crippen LogP contribution is -1.98. The molecule has 2 aromatic carbocycles. The molecule has 19 heavy (non-hydrogen) atoms. The zero-order chi connectivity index (χ0) is 13.8. The van der Waals surface area contributed by atoms with E-state index in [0.717, 1.165) is 10.6 Å². The number of hydrogen-bond acceptors (Lipinski definition) is 5. The number of anilines is 3. The maximum Gasteiger partial charge on any atom is 0.271 e. The van der Waals surface area contributed by atoms with E-state index in [2.05, 4.69) is 5.32 Å². The Bertz CT molecular complexity index is 617. The van der Waals surface area contributed by atoms with Crippen LogP contribution in [-0.2, 0) is 0 Å². The van der Waals surface area contributed by atoms with Crippen LogP contribution in [0.15, 0.2) is 47.4 Å². The fraction of sp³-hybridized carbons (Fsp3) is 0.0769. The second kappa shape index (κ2) is 5.62. The van der Waals surface area contributed by atoms with Crippen LogP contribution in [0.25, 0.3) is 0 Å². The second-order valence-corrected chi connectivity index (χ2v) is 4.70. The fourth-order valence-electron chi connectivity index (χ4n) is 1.67. The van der Waals surface area contributed by atoms with E-state index in [1.54, 1.807) is 17.8 Å². The third kappa shape index (κ3) is 2.97. The zero-order valence-corrected chi connectivity index (χ0v) is 11.1. The highest BCUT2D eigenvalue weighted by molar-refractivity contribution is 7.98. The molecule has 3 N–H and O–H groups in total. The number of nitro groups is 1. The number of hydrogen-bond donors (Lipinski definition) is 2. The highest BCUT2D eigenvalue weighted by Crippen LogP contribution is 2.31. The van der Waals surface area contributed by atoms with Crippen molar-refractivity contribution in [3.63, 3.8) is 0 Å². The minimum absolute atomic E-state index is 0.0128. The van der Waals surface area contributed by atoms with Crippen molar-refractivity contribution < 1.29 is 4.92 Å². The number of nitrogens with two attached hydrogens (primary N) is 1. The van der Waals surface area contributed by atoms with Gasteiger partial charge in [-0.25, -0.2) is 0 Å². The molecular weight excluding hydrogens is 262 g/mol. The van der Waals surface area contributed by atoms with E-state index >= 15 is 0 Å². The Labute approximate surface area is 115 Å². The van der Waals surface area contributed by atoms with Gasteiger partial charge in [0.2, 0.25) is 0 Å². The molecule has 6 heteroatoms. The first-order chi connectivity index (χ1) is 9.11. The number of non-ortho nitro benzene ring substituents is 1. The van der Waals surface area contributed by atoms with Gasteiger partial charge in [-0.15, -0.1) is 11.8 Å². The molecule has 5 nitrogen and oxygen atoms in total. The molecule has 0 heterocycles. The lowest BCUT2D eigenvalue weighted by atomic mass is 10.2. The van der Waals surface area contributed by atoms with Crippen molar-refractivity contribution in [3.05, 3.63) is 52.6 Å². The first-order valence-electron chi connectivity index (χ1n) is 5.56. The van der Waals surface area contributed by atoms with Gasteiger partial charge in [-0.1, -0.05) is 12.1 Å². The Morgan fingerprint density at radius 3 is 2.58 bits per heavy atom. The van der Waals surface area contributed by atoms with Gasteiger partial charge < -0.3 is 11.1 Å². The summed E-state index contributed by atoms with van der Waals surface area (Å²) in [5.41, 5.74) is 7.75. The van der Waals surface area contributed by atoms with E-state index in [0.29, 0.717) is 11.4 Å². The topological polar surface area (TPSA) is 81.2 Å². The van der Waals surface area contributed by atoms with Gasteiger partial charge in [-0.2, -0.15) is 0 Å². The average molecular weight is 275 g/mol. The molecule has 0 saturated carbocycles. The van der Waals surface area contributed by atoms with E-state index in [1.807, 2.05) is 30.5 Å². The van der Waals surface area contributed by atoms with Gasteiger partial charge in [0.1, 0.15) is 0 Å². The lowest BCUT2D eigenvalue weighted by molar-refractivity contribution is -0.384. The van der Waals surface area contributed by atoms with Gasteiger partial charge in [0, 0.05) is 17.0 Å². The number of benzene rings is 2. The zero-order valence-electron chi connectivity index (χ0n) is 10.3. The van der Waals surface area contributed by atoms with Crippen molar-refractivity contribution in [1.29, 1.82) is 0 Å². The Kier molecular flexibility index (Phi) is 3.91. The number of nitrogens with zero attached hydrogens (tertiary/aromatic N) is 1. The summed E-state index contributed by atoms with van der Waals surface area (Å²) in [6.07, 6.45) is 1.99. The smallest absolute Gasteiger partial charge is 0.271 e. The maximum absolute atomic E-state index is 10.6. The van der Waals surface area contributed by atoms with E-state index in [4.69, 9.17) is 5.73 Å². The van der Waals surface area contributed by atoms with Crippen molar-refractivity contribution >= 4 is 34.5 Å². The predicted molar refractivity (Wildman–Crippen MR) is 79.0 cm³/mol. The van der Waals surface area contributed by atoms with Crippen molar-refractivity contribution in [1.82, 2.24) is 0 Å². The molecule has 0 aliphatic heterocycles. The van der Waals surface area contributed by atoms with Gasteiger partial charge in [0.15, 0.2) is 0 Å². The highest BCUT2D eigenvalue weighted by Gasteiger charge is 2.09. The van der Waals surface area contributed by atoms with Crippen LogP contribution in [-0.4, -0.2) is 11.2 Å². The molecule has 98 valence electrons. The number of thioether (sulfide) groups is 1. The molecule has 0 unspecified atom stereocenters. The Balaban J connectivity index is 2.31. The van der Waals surface area contributed by atoms with Crippen LogP contribution in [0.2, 0.25) is 0 Å². The SMILES string of the molecule is CSc1ccccc1Nc1ccc([N+](=O)[O-])cc1N. The van der Waals surface area contributed by atoms with Crippen LogP contribution < -0.4 is 11.1 Å². The molecule has 0 bridgehead atoms. The van der Waals surface area contributed by atoms with Gasteiger partial charge in [-0.3, -0.25) is 10.1 Å². The third-order valence-electron chi connectivity index (χ3n) is 2.62. The molecule has 0 spiro atoms. The molecule has 0 atom stereocenters. The van der Waals surface area contributed by atoms with Gasteiger partial charge >= 0.3 is 0 Å². The number of rotatable bonds is 4. The van der Waals surface area contributed by atoms with E-state index in [9.17, 15) is 10.1 Å². The van der Waals surface area contributed by atoms with Crippen molar-refractivity contribution in [2.75, 3.05) is 17.3 Å². The van der Waals surface area contributed by atoms with E-state index in [1.165, 1.54) is 12.1 Å². The lowest BCUT2D eigenvalue weighted by Gasteiger charge is -2.12. The second-order valence-electron chi connectivity index (χ2n) is 3.85. The average Bonchev–Trinajstić information content (AvgIpc) is 2.41. The summed E-state index contributed by atoms with van der Waals surface area (Å²) in [6.45, 7) is 0. The largest absolute Gasteiger partial charge is 0.397 e. The third-order valence-corrected chi connectivity index (χ3v) is 3.42. The summed E-state index contributed by atoms with van der Waals surface area (Å²) in [5, 5.41) is 13.8. The van der Waals surface area contributed by atoms with Crippen LogP contribution >= 0.6 is 11.8 Å². The van der Waals surface area contributed by atoms with E-state index < -0.39 is 4.92 Å². The normalized spacial score (nSPS) is 10.2. The van der Waals surface area contributed by atoms with Crippen LogP contribution in [0.1, 0.15) is 0 Å². The van der Waals surface area contributed by atoms with Crippen molar-refractivity contribution in [2.24, 2.45) is 0 Å². The first kappa shape index (κ1) is 13.2. The van der Waals surface area contributed by atoms with Crippen LogP contribution in [0.3, 0.4) is 0 Å². The first-order valence-corrected chi connectivity index (χ1v) is 6.78. The summed E-state index contributed by atoms with van der Waals surface area (Å²) in [5.74, 6) is 0. The summed E-state index contributed by atoms with van der Waals surface area (Å²) in [6, 6.07) is 12.2. The minimum atomic E-state index is -0.462. The molecule has 0 fully saturated rings. The van der Waals surface area contributed by atoms with Gasteiger partial charge in [-0.05, 0) is 24.5 Å².